The Labute approximate surface area is 141 Å². The van der Waals surface area contributed by atoms with E-state index in [1.54, 1.807) is 50.5 Å². The minimum atomic E-state index is -3.64. The molecule has 2 rings (SSSR count). The minimum absolute atomic E-state index is 0.213. The molecule has 3 N–H and O–H groups in total. The molecule has 2 aromatic rings. The lowest BCUT2D eigenvalue weighted by Gasteiger charge is -2.24. The van der Waals surface area contributed by atoms with Crippen LogP contribution in [-0.4, -0.2) is 36.7 Å². The van der Waals surface area contributed by atoms with Crippen molar-refractivity contribution in [2.24, 2.45) is 0 Å². The van der Waals surface area contributed by atoms with Gasteiger partial charge in [0.15, 0.2) is 0 Å². The quantitative estimate of drug-likeness (QED) is 0.664. The summed E-state index contributed by atoms with van der Waals surface area (Å²) >= 11 is 0. The summed E-state index contributed by atoms with van der Waals surface area (Å²) < 4.78 is 27.6. The topological polar surface area (TPSA) is 108 Å². The summed E-state index contributed by atoms with van der Waals surface area (Å²) in [5.41, 5.74) is -0.609. The summed E-state index contributed by atoms with van der Waals surface area (Å²) in [5.74, 6) is 0. The van der Waals surface area contributed by atoms with Crippen molar-refractivity contribution in [2.75, 3.05) is 6.54 Å². The Morgan fingerprint density at radius 3 is 2.75 bits per heavy atom. The molecule has 7 nitrogen and oxygen atoms in total. The number of nitrogens with one attached hydrogen (secondary N) is 2. The van der Waals surface area contributed by atoms with E-state index in [0.717, 1.165) is 5.39 Å². The third kappa shape index (κ3) is 4.65. The zero-order valence-electron chi connectivity index (χ0n) is 13.6. The minimum Gasteiger partial charge on any atom is -0.465 e. The van der Waals surface area contributed by atoms with Gasteiger partial charge in [-0.05, 0) is 38.8 Å². The number of nitrogens with zero attached hydrogens (tertiary/aromatic N) is 1. The van der Waals surface area contributed by atoms with Crippen LogP contribution in [0.25, 0.3) is 10.8 Å². The highest BCUT2D eigenvalue weighted by Gasteiger charge is 2.21. The van der Waals surface area contributed by atoms with Gasteiger partial charge in [0.1, 0.15) is 0 Å². The summed E-state index contributed by atoms with van der Waals surface area (Å²) in [7, 11) is -3.64. The number of fused-ring (bicyclic) bond motifs is 1. The second kappa shape index (κ2) is 7.14. The molecule has 0 bridgehead atoms. The highest BCUT2D eigenvalue weighted by molar-refractivity contribution is 7.89. The van der Waals surface area contributed by atoms with Crippen molar-refractivity contribution in [3.63, 3.8) is 0 Å². The molecular formula is C16H21N3O4S. The number of sulfonamides is 1. The van der Waals surface area contributed by atoms with Crippen LogP contribution in [0.2, 0.25) is 0 Å². The number of pyridine rings is 1. The Morgan fingerprint density at radius 1 is 1.29 bits per heavy atom. The van der Waals surface area contributed by atoms with E-state index in [-0.39, 0.29) is 11.4 Å². The predicted octanol–water partition coefficient (Wildman–Crippen LogP) is 2.34. The molecule has 0 aliphatic rings. The first-order valence-corrected chi connectivity index (χ1v) is 9.03. The van der Waals surface area contributed by atoms with Gasteiger partial charge in [0.2, 0.25) is 10.0 Å². The SMILES string of the molecule is CC(C)(CCCNS(=O)(=O)c1cccc2cnccc12)NC(=O)O. The fourth-order valence-corrected chi connectivity index (χ4v) is 3.80. The van der Waals surface area contributed by atoms with E-state index >= 15 is 0 Å². The van der Waals surface area contributed by atoms with Crippen molar-refractivity contribution < 1.29 is 18.3 Å². The first kappa shape index (κ1) is 18.2. The van der Waals surface area contributed by atoms with Crippen molar-refractivity contribution in [2.45, 2.75) is 37.1 Å². The molecule has 130 valence electrons. The number of aromatic nitrogens is 1. The standard InChI is InChI=1S/C16H21N3O4S/c1-16(2,19-15(20)21)8-4-9-18-24(22,23)14-6-3-5-12-11-17-10-7-13(12)14/h3,5-7,10-11,18-19H,4,8-9H2,1-2H3,(H,20,21). The Balaban J connectivity index is 2.03. The van der Waals surface area contributed by atoms with Crippen LogP contribution in [-0.2, 0) is 10.0 Å². The molecule has 0 aliphatic carbocycles. The number of hydrogen-bond donors (Lipinski definition) is 3. The van der Waals surface area contributed by atoms with Crippen molar-refractivity contribution in [1.82, 2.24) is 15.0 Å². The van der Waals surface area contributed by atoms with E-state index in [1.165, 1.54) is 0 Å². The van der Waals surface area contributed by atoms with Crippen molar-refractivity contribution in [3.8, 4) is 0 Å². The van der Waals surface area contributed by atoms with Crippen molar-refractivity contribution in [1.29, 1.82) is 0 Å². The van der Waals surface area contributed by atoms with Crippen LogP contribution < -0.4 is 10.0 Å². The highest BCUT2D eigenvalue weighted by atomic mass is 32.2. The average Bonchev–Trinajstić information content (AvgIpc) is 2.50. The Bertz CT molecular complexity index is 829. The maximum absolute atomic E-state index is 12.5. The second-order valence-electron chi connectivity index (χ2n) is 6.17. The Morgan fingerprint density at radius 2 is 2.04 bits per heavy atom. The average molecular weight is 351 g/mol. The maximum Gasteiger partial charge on any atom is 0.405 e. The molecule has 0 fully saturated rings. The first-order chi connectivity index (χ1) is 11.2. The molecule has 0 radical (unpaired) electrons. The summed E-state index contributed by atoms with van der Waals surface area (Å²) in [5, 5.41) is 12.5. The predicted molar refractivity (Wildman–Crippen MR) is 91.4 cm³/mol. The van der Waals surface area contributed by atoms with Crippen LogP contribution in [0.3, 0.4) is 0 Å². The molecular weight excluding hydrogens is 330 g/mol. The van der Waals surface area contributed by atoms with E-state index in [0.29, 0.717) is 18.2 Å². The molecule has 0 atom stereocenters. The van der Waals surface area contributed by atoms with Gasteiger partial charge in [-0.1, -0.05) is 12.1 Å². The zero-order valence-corrected chi connectivity index (χ0v) is 14.4. The number of carboxylic acid groups (broad SMARTS) is 1. The molecule has 8 heteroatoms. The third-order valence-corrected chi connectivity index (χ3v) is 5.17. The zero-order chi connectivity index (χ0) is 17.8. The van der Waals surface area contributed by atoms with Crippen LogP contribution in [0.1, 0.15) is 26.7 Å². The normalized spacial score (nSPS) is 12.2. The number of amides is 1. The van der Waals surface area contributed by atoms with Gasteiger partial charge in [-0.3, -0.25) is 4.98 Å². The van der Waals surface area contributed by atoms with Gasteiger partial charge >= 0.3 is 6.09 Å². The molecule has 0 unspecified atom stereocenters. The van der Waals surface area contributed by atoms with Crippen LogP contribution in [0, 0.1) is 0 Å². The molecule has 24 heavy (non-hydrogen) atoms. The molecule has 1 aromatic heterocycles. The van der Waals surface area contributed by atoms with Gasteiger partial charge < -0.3 is 10.4 Å². The lowest BCUT2D eigenvalue weighted by molar-refractivity contribution is 0.180. The summed E-state index contributed by atoms with van der Waals surface area (Å²) in [4.78, 5) is 14.9. The number of hydrogen-bond acceptors (Lipinski definition) is 4. The molecule has 0 saturated carbocycles. The Kier molecular flexibility index (Phi) is 5.40. The third-order valence-electron chi connectivity index (χ3n) is 3.65. The fourth-order valence-electron chi connectivity index (χ4n) is 2.49. The first-order valence-electron chi connectivity index (χ1n) is 7.55. The molecule has 1 amide bonds. The van der Waals surface area contributed by atoms with E-state index in [1.807, 2.05) is 0 Å². The summed E-state index contributed by atoms with van der Waals surface area (Å²) in [6, 6.07) is 6.71. The van der Waals surface area contributed by atoms with Gasteiger partial charge in [0, 0.05) is 35.2 Å². The van der Waals surface area contributed by atoms with E-state index in [9.17, 15) is 13.2 Å². The number of rotatable bonds is 7. The van der Waals surface area contributed by atoms with Crippen LogP contribution in [0.4, 0.5) is 4.79 Å². The smallest absolute Gasteiger partial charge is 0.405 e. The lowest BCUT2D eigenvalue weighted by atomic mass is 9.99. The van der Waals surface area contributed by atoms with Gasteiger partial charge in [-0.15, -0.1) is 0 Å². The monoisotopic (exact) mass is 351 g/mol. The second-order valence-corrected chi connectivity index (χ2v) is 7.90. The molecule has 0 spiro atoms. The number of benzene rings is 1. The fraction of sp³-hybridized carbons (Fsp3) is 0.375. The van der Waals surface area contributed by atoms with Gasteiger partial charge in [-0.25, -0.2) is 17.9 Å². The van der Waals surface area contributed by atoms with Gasteiger partial charge in [0.25, 0.3) is 0 Å². The van der Waals surface area contributed by atoms with E-state index in [2.05, 4.69) is 15.0 Å². The summed E-state index contributed by atoms with van der Waals surface area (Å²) in [6.45, 7) is 3.75. The van der Waals surface area contributed by atoms with Crippen molar-refractivity contribution >= 4 is 26.9 Å². The van der Waals surface area contributed by atoms with Crippen LogP contribution >= 0.6 is 0 Å². The molecule has 0 saturated heterocycles. The molecule has 1 heterocycles. The van der Waals surface area contributed by atoms with Gasteiger partial charge in [0.05, 0.1) is 4.90 Å². The molecule has 1 aromatic carbocycles. The molecule has 0 aliphatic heterocycles. The van der Waals surface area contributed by atoms with Crippen LogP contribution in [0.5, 0.6) is 0 Å². The largest absolute Gasteiger partial charge is 0.465 e. The maximum atomic E-state index is 12.5. The Hall–Kier alpha value is -2.19. The van der Waals surface area contributed by atoms with Crippen molar-refractivity contribution in [3.05, 3.63) is 36.7 Å². The highest BCUT2D eigenvalue weighted by Crippen LogP contribution is 2.21. The van der Waals surface area contributed by atoms with Gasteiger partial charge in [-0.2, -0.15) is 0 Å². The van der Waals surface area contributed by atoms with Crippen LogP contribution in [0.15, 0.2) is 41.6 Å². The van der Waals surface area contributed by atoms with E-state index in [4.69, 9.17) is 5.11 Å². The summed E-state index contributed by atoms with van der Waals surface area (Å²) in [6.07, 6.45) is 3.11. The lowest BCUT2D eigenvalue weighted by Crippen LogP contribution is -2.43. The number of carbonyl (C=O) groups is 1. The van der Waals surface area contributed by atoms with E-state index < -0.39 is 21.7 Å².